The van der Waals surface area contributed by atoms with Crippen LogP contribution in [0.3, 0.4) is 0 Å². The van der Waals surface area contributed by atoms with Crippen LogP contribution in [0.5, 0.6) is 0 Å². The number of hydrogen-bond acceptors (Lipinski definition) is 4. The van der Waals surface area contributed by atoms with Crippen molar-refractivity contribution < 1.29 is 9.18 Å². The van der Waals surface area contributed by atoms with Crippen LogP contribution in [0, 0.1) is 5.82 Å². The monoisotopic (exact) mass is 360 g/mol. The normalized spacial score (nSPS) is 12.3. The summed E-state index contributed by atoms with van der Waals surface area (Å²) in [5.41, 5.74) is 11.4. The molecule has 6 nitrogen and oxygen atoms in total. The minimum Gasteiger partial charge on any atom is -0.366 e. The first-order valence-corrected chi connectivity index (χ1v) is 7.75. The second-order valence-electron chi connectivity index (χ2n) is 5.60. The molecule has 1 aromatic heterocycles. The first kappa shape index (κ1) is 17.1. The van der Waals surface area contributed by atoms with Crippen LogP contribution >= 0.6 is 11.6 Å². The number of carbonyl (C=O) groups excluding carboxylic acids is 1. The third kappa shape index (κ3) is 2.99. The average molecular weight is 361 g/mol. The highest BCUT2D eigenvalue weighted by Crippen LogP contribution is 2.24. The van der Waals surface area contributed by atoms with Gasteiger partial charge in [0.15, 0.2) is 0 Å². The smallest absolute Gasteiger partial charge is 0.266 e. The van der Waals surface area contributed by atoms with Gasteiger partial charge in [-0.05, 0) is 37.3 Å². The number of nitrogens with zero attached hydrogens (tertiary/aromatic N) is 2. The third-order valence-corrected chi connectivity index (χ3v) is 4.00. The Balaban J connectivity index is 2.43. The predicted molar refractivity (Wildman–Crippen MR) is 93.4 cm³/mol. The first-order valence-electron chi connectivity index (χ1n) is 7.37. The summed E-state index contributed by atoms with van der Waals surface area (Å²) in [7, 11) is 0. The Morgan fingerprint density at radius 3 is 2.68 bits per heavy atom. The molecule has 4 N–H and O–H groups in total. The van der Waals surface area contributed by atoms with E-state index in [4.69, 9.17) is 23.1 Å². The Hall–Kier alpha value is -2.77. The highest BCUT2D eigenvalue weighted by Gasteiger charge is 2.18. The number of benzene rings is 2. The maximum Gasteiger partial charge on any atom is 0.266 e. The van der Waals surface area contributed by atoms with Crippen LogP contribution in [0.1, 0.15) is 29.1 Å². The van der Waals surface area contributed by atoms with Gasteiger partial charge in [0.1, 0.15) is 11.6 Å². The van der Waals surface area contributed by atoms with Gasteiger partial charge >= 0.3 is 0 Å². The molecule has 1 heterocycles. The van der Waals surface area contributed by atoms with Crippen molar-refractivity contribution in [3.63, 3.8) is 0 Å². The minimum atomic E-state index is -0.651. The third-order valence-electron chi connectivity index (χ3n) is 3.71. The summed E-state index contributed by atoms with van der Waals surface area (Å²) >= 11 is 6.02. The van der Waals surface area contributed by atoms with Gasteiger partial charge in [-0.25, -0.2) is 9.37 Å². The van der Waals surface area contributed by atoms with Crippen molar-refractivity contribution in [2.45, 2.75) is 13.0 Å². The second kappa shape index (κ2) is 6.27. The lowest BCUT2D eigenvalue weighted by Crippen LogP contribution is -2.28. The molecular formula is C17H14ClFN4O2. The molecule has 8 heteroatoms. The summed E-state index contributed by atoms with van der Waals surface area (Å²) in [5, 5.41) is 0.0333. The van der Waals surface area contributed by atoms with E-state index < -0.39 is 23.3 Å². The molecule has 0 bridgehead atoms. The molecule has 0 saturated heterocycles. The molecule has 1 amide bonds. The van der Waals surface area contributed by atoms with E-state index in [0.717, 1.165) is 12.1 Å². The molecule has 128 valence electrons. The fourth-order valence-electron chi connectivity index (χ4n) is 2.58. The zero-order valence-electron chi connectivity index (χ0n) is 13.2. The minimum absolute atomic E-state index is 0.0129. The number of nitrogens with two attached hydrogens (primary N) is 2. The van der Waals surface area contributed by atoms with Crippen LogP contribution in [0.2, 0.25) is 5.02 Å². The summed E-state index contributed by atoms with van der Waals surface area (Å²) in [6.07, 6.45) is 0. The van der Waals surface area contributed by atoms with E-state index in [0.29, 0.717) is 5.69 Å². The summed E-state index contributed by atoms with van der Waals surface area (Å²) in [4.78, 5) is 28.7. The molecular weight excluding hydrogens is 347 g/mol. The largest absolute Gasteiger partial charge is 0.366 e. The standard InChI is InChI=1S/C17H14ClFN4O2/c1-8(20)16-22-14-12(6-10(19)7-13(14)18)17(25)23(16)11-4-2-3-9(5-11)15(21)24/h2-8H,20H2,1H3,(H2,21,24)/t8-/m0/s1. The maximum absolute atomic E-state index is 13.7. The number of rotatable bonds is 3. The van der Waals surface area contributed by atoms with Crippen molar-refractivity contribution >= 4 is 28.4 Å². The fraction of sp³-hybridized carbons (Fsp3) is 0.118. The number of primary amides is 1. The number of carbonyl (C=O) groups is 1. The van der Waals surface area contributed by atoms with Gasteiger partial charge in [-0.2, -0.15) is 0 Å². The zero-order valence-corrected chi connectivity index (χ0v) is 13.9. The number of halogens is 2. The van der Waals surface area contributed by atoms with E-state index >= 15 is 0 Å². The molecule has 3 aromatic rings. The molecule has 0 fully saturated rings. The number of amides is 1. The van der Waals surface area contributed by atoms with Gasteiger partial charge in [0, 0.05) is 5.56 Å². The van der Waals surface area contributed by atoms with Crippen molar-refractivity contribution in [3.05, 3.63) is 69.0 Å². The summed E-state index contributed by atoms with van der Waals surface area (Å²) in [5.74, 6) is -1.06. The van der Waals surface area contributed by atoms with Gasteiger partial charge < -0.3 is 11.5 Å². The molecule has 0 saturated carbocycles. The lowest BCUT2D eigenvalue weighted by atomic mass is 10.1. The molecule has 1 atom stereocenters. The molecule has 0 unspecified atom stereocenters. The lowest BCUT2D eigenvalue weighted by Gasteiger charge is -2.16. The highest BCUT2D eigenvalue weighted by atomic mass is 35.5. The molecule has 3 rings (SSSR count). The zero-order chi connectivity index (χ0) is 18.3. The van der Waals surface area contributed by atoms with Gasteiger partial charge in [0.05, 0.1) is 27.7 Å². The van der Waals surface area contributed by atoms with Crippen LogP contribution in [0.25, 0.3) is 16.6 Å². The van der Waals surface area contributed by atoms with E-state index in [1.165, 1.54) is 16.7 Å². The van der Waals surface area contributed by atoms with E-state index in [1.807, 2.05) is 0 Å². The summed E-state index contributed by atoms with van der Waals surface area (Å²) in [6.45, 7) is 1.65. The fourth-order valence-corrected chi connectivity index (χ4v) is 2.83. The van der Waals surface area contributed by atoms with Crippen LogP contribution in [-0.4, -0.2) is 15.5 Å². The SMILES string of the molecule is C[C@H](N)c1nc2c(Cl)cc(F)cc2c(=O)n1-c1cccc(C(N)=O)c1. The average Bonchev–Trinajstić information content (AvgIpc) is 2.55. The Kier molecular flexibility index (Phi) is 4.28. The molecule has 0 radical (unpaired) electrons. The highest BCUT2D eigenvalue weighted by molar-refractivity contribution is 6.35. The van der Waals surface area contributed by atoms with Crippen molar-refractivity contribution in [2.24, 2.45) is 11.5 Å². The van der Waals surface area contributed by atoms with E-state index in [9.17, 15) is 14.0 Å². The molecule has 0 spiro atoms. The molecule has 0 aliphatic carbocycles. The lowest BCUT2D eigenvalue weighted by molar-refractivity contribution is 0.1000. The summed E-state index contributed by atoms with van der Waals surface area (Å²) in [6, 6.07) is 7.69. The summed E-state index contributed by atoms with van der Waals surface area (Å²) < 4.78 is 14.9. The van der Waals surface area contributed by atoms with Crippen molar-refractivity contribution in [1.29, 1.82) is 0 Å². The first-order chi connectivity index (χ1) is 11.8. The van der Waals surface area contributed by atoms with E-state index in [1.54, 1.807) is 19.1 Å². The van der Waals surface area contributed by atoms with Gasteiger partial charge in [-0.3, -0.25) is 14.2 Å². The van der Waals surface area contributed by atoms with Gasteiger partial charge in [0.25, 0.3) is 5.56 Å². The van der Waals surface area contributed by atoms with Gasteiger partial charge in [0.2, 0.25) is 5.91 Å². The van der Waals surface area contributed by atoms with Crippen LogP contribution in [0.15, 0.2) is 41.2 Å². The topological polar surface area (TPSA) is 104 Å². The second-order valence-corrected chi connectivity index (χ2v) is 6.00. The maximum atomic E-state index is 13.7. The Bertz CT molecular complexity index is 1060. The number of hydrogen-bond donors (Lipinski definition) is 2. The molecule has 2 aromatic carbocycles. The molecule has 0 aliphatic heterocycles. The Labute approximate surface area is 146 Å². The molecule has 25 heavy (non-hydrogen) atoms. The Morgan fingerprint density at radius 2 is 2.04 bits per heavy atom. The quantitative estimate of drug-likeness (QED) is 0.747. The number of fused-ring (bicyclic) bond motifs is 1. The van der Waals surface area contributed by atoms with Gasteiger partial charge in [-0.15, -0.1) is 0 Å². The van der Waals surface area contributed by atoms with Crippen LogP contribution < -0.4 is 17.0 Å². The van der Waals surface area contributed by atoms with Crippen molar-refractivity contribution in [2.75, 3.05) is 0 Å². The van der Waals surface area contributed by atoms with Crippen LogP contribution in [-0.2, 0) is 0 Å². The van der Waals surface area contributed by atoms with Crippen molar-refractivity contribution in [3.8, 4) is 5.69 Å². The van der Waals surface area contributed by atoms with Gasteiger partial charge in [-0.1, -0.05) is 17.7 Å². The van der Waals surface area contributed by atoms with E-state index in [-0.39, 0.29) is 27.3 Å². The Morgan fingerprint density at radius 1 is 1.32 bits per heavy atom. The predicted octanol–water partition coefficient (Wildman–Crippen LogP) is 2.30. The number of aromatic nitrogens is 2. The van der Waals surface area contributed by atoms with Crippen molar-refractivity contribution in [1.82, 2.24) is 9.55 Å². The van der Waals surface area contributed by atoms with E-state index in [2.05, 4.69) is 4.98 Å². The van der Waals surface area contributed by atoms with Crippen LogP contribution in [0.4, 0.5) is 4.39 Å². The molecule has 0 aliphatic rings.